The second kappa shape index (κ2) is 7.19. The molecule has 2 aromatic heterocycles. The molecule has 3 aromatic rings. The average molecular weight is 372 g/mol. The summed E-state index contributed by atoms with van der Waals surface area (Å²) < 4.78 is 26.5. The molecule has 3 rings (SSSR count). The topological polar surface area (TPSA) is 86.1 Å². The number of nitrogens with zero attached hydrogens (tertiary/aromatic N) is 3. The molecule has 1 N–H and O–H groups in total. The molecule has 0 saturated heterocycles. The second-order valence-electron chi connectivity index (χ2n) is 5.37. The summed E-state index contributed by atoms with van der Waals surface area (Å²) in [6.45, 7) is 0.721. The summed E-state index contributed by atoms with van der Waals surface area (Å²) in [5, 5.41) is 15.0. The van der Waals surface area contributed by atoms with Crippen LogP contribution in [0.1, 0.15) is 5.69 Å². The van der Waals surface area contributed by atoms with E-state index in [-0.39, 0.29) is 0 Å². The summed E-state index contributed by atoms with van der Waals surface area (Å²) in [6.07, 6.45) is 0. The Hall–Kier alpha value is -2.47. The fourth-order valence-electron chi connectivity index (χ4n) is 2.41. The van der Waals surface area contributed by atoms with Crippen molar-refractivity contribution in [3.63, 3.8) is 0 Å². The lowest BCUT2D eigenvalue weighted by Gasteiger charge is -2.17. The van der Waals surface area contributed by atoms with Crippen LogP contribution in [-0.4, -0.2) is 37.8 Å². The van der Waals surface area contributed by atoms with Gasteiger partial charge in [-0.05, 0) is 23.6 Å². The molecule has 0 atom stereocenters. The van der Waals surface area contributed by atoms with E-state index in [1.165, 1.54) is 15.6 Å². The minimum absolute atomic E-state index is 0.304. The molecule has 0 saturated carbocycles. The average Bonchev–Trinajstić information content (AvgIpc) is 3.16. The van der Waals surface area contributed by atoms with Crippen molar-refractivity contribution in [2.45, 2.75) is 4.21 Å². The highest BCUT2D eigenvalue weighted by atomic mass is 32.2. The van der Waals surface area contributed by atoms with Crippen molar-refractivity contribution in [2.75, 3.05) is 25.5 Å². The van der Waals surface area contributed by atoms with E-state index < -0.39 is 10.0 Å². The maximum Gasteiger partial charge on any atom is 0.252 e. The Morgan fingerprint density at radius 3 is 2.80 bits per heavy atom. The quantitative estimate of drug-likeness (QED) is 0.719. The number of thiophene rings is 1. The molecule has 0 amide bonds. The summed E-state index contributed by atoms with van der Waals surface area (Å²) in [6, 6.07) is 14.6. The van der Waals surface area contributed by atoms with Crippen molar-refractivity contribution in [2.24, 2.45) is 0 Å². The van der Waals surface area contributed by atoms with E-state index >= 15 is 0 Å². The number of para-hydroxylation sites is 1. The third-order valence-corrected chi connectivity index (χ3v) is 6.96. The van der Waals surface area contributed by atoms with Crippen LogP contribution in [0.4, 0.5) is 5.69 Å². The molecule has 2 heterocycles. The first-order valence-corrected chi connectivity index (χ1v) is 9.88. The standard InChI is InChI=1S/C17H16N4O2S2/c1-21(25(22,23)17-7-4-10-24-17)9-8-19-16-11-13(12-18)20-15-6-3-2-5-14(15)16/h2-7,10-11H,8-9H2,1H3,(H,19,20). The van der Waals surface area contributed by atoms with Crippen molar-refractivity contribution in [1.29, 1.82) is 5.26 Å². The van der Waals surface area contributed by atoms with Gasteiger partial charge < -0.3 is 5.32 Å². The second-order valence-corrected chi connectivity index (χ2v) is 8.59. The lowest BCUT2D eigenvalue weighted by molar-refractivity contribution is 0.482. The van der Waals surface area contributed by atoms with Gasteiger partial charge in [0, 0.05) is 31.2 Å². The molecule has 0 fully saturated rings. The first kappa shape index (κ1) is 17.4. The molecule has 0 bridgehead atoms. The molecule has 0 unspecified atom stereocenters. The van der Waals surface area contributed by atoms with Crippen molar-refractivity contribution in [3.05, 3.63) is 53.5 Å². The van der Waals surface area contributed by atoms with E-state index in [0.29, 0.717) is 23.0 Å². The van der Waals surface area contributed by atoms with Crippen LogP contribution >= 0.6 is 11.3 Å². The summed E-state index contributed by atoms with van der Waals surface area (Å²) in [7, 11) is -1.90. The fourth-order valence-corrected chi connectivity index (χ4v) is 4.78. The number of nitrogens with one attached hydrogen (secondary N) is 1. The van der Waals surface area contributed by atoms with Gasteiger partial charge in [0.05, 0.1) is 5.52 Å². The smallest absolute Gasteiger partial charge is 0.252 e. The van der Waals surface area contributed by atoms with Gasteiger partial charge in [0.2, 0.25) is 0 Å². The molecule has 1 aromatic carbocycles. The number of likely N-dealkylation sites (N-methyl/N-ethyl adjacent to an activating group) is 1. The predicted molar refractivity (Wildman–Crippen MR) is 99.1 cm³/mol. The minimum Gasteiger partial charge on any atom is -0.383 e. The molecule has 0 spiro atoms. The zero-order chi connectivity index (χ0) is 17.9. The van der Waals surface area contributed by atoms with Crippen molar-refractivity contribution < 1.29 is 8.42 Å². The van der Waals surface area contributed by atoms with Gasteiger partial charge >= 0.3 is 0 Å². The van der Waals surface area contributed by atoms with E-state index in [1.54, 1.807) is 30.6 Å². The normalized spacial score (nSPS) is 11.6. The van der Waals surface area contributed by atoms with Gasteiger partial charge in [-0.1, -0.05) is 24.3 Å². The number of fused-ring (bicyclic) bond motifs is 1. The number of sulfonamides is 1. The number of aromatic nitrogens is 1. The van der Waals surface area contributed by atoms with E-state index in [2.05, 4.69) is 10.3 Å². The Kier molecular flexibility index (Phi) is 4.99. The molecular weight excluding hydrogens is 356 g/mol. The number of rotatable bonds is 6. The van der Waals surface area contributed by atoms with Crippen LogP contribution < -0.4 is 5.32 Å². The lowest BCUT2D eigenvalue weighted by Crippen LogP contribution is -2.31. The maximum absolute atomic E-state index is 12.4. The summed E-state index contributed by atoms with van der Waals surface area (Å²) in [5.74, 6) is 0. The zero-order valence-electron chi connectivity index (χ0n) is 13.5. The largest absolute Gasteiger partial charge is 0.383 e. The lowest BCUT2D eigenvalue weighted by atomic mass is 10.1. The van der Waals surface area contributed by atoms with Crippen molar-refractivity contribution >= 4 is 38.0 Å². The van der Waals surface area contributed by atoms with Gasteiger partial charge in [-0.25, -0.2) is 13.4 Å². The highest BCUT2D eigenvalue weighted by Crippen LogP contribution is 2.23. The minimum atomic E-state index is -3.46. The third-order valence-electron chi connectivity index (χ3n) is 3.73. The van der Waals surface area contributed by atoms with E-state index in [0.717, 1.165) is 16.6 Å². The SMILES string of the molecule is CN(CCNc1cc(C#N)nc2ccccc12)S(=O)(=O)c1cccs1. The van der Waals surface area contributed by atoms with E-state index in [9.17, 15) is 8.42 Å². The number of anilines is 1. The molecule has 8 heteroatoms. The molecule has 25 heavy (non-hydrogen) atoms. The van der Waals surface area contributed by atoms with E-state index in [4.69, 9.17) is 5.26 Å². The Morgan fingerprint density at radius 2 is 2.08 bits per heavy atom. The van der Waals surface area contributed by atoms with Gasteiger partial charge in [-0.15, -0.1) is 11.3 Å². The Bertz CT molecular complexity index is 1020. The molecule has 128 valence electrons. The molecule has 0 aliphatic carbocycles. The Labute approximate surface area is 150 Å². The number of hydrogen-bond donors (Lipinski definition) is 1. The van der Waals surface area contributed by atoms with E-state index in [1.807, 2.05) is 30.3 Å². The number of benzene rings is 1. The van der Waals surface area contributed by atoms with Crippen LogP contribution in [0.25, 0.3) is 10.9 Å². The summed E-state index contributed by atoms with van der Waals surface area (Å²) in [4.78, 5) is 4.26. The Morgan fingerprint density at radius 1 is 1.28 bits per heavy atom. The Balaban J connectivity index is 1.74. The molecular formula is C17H16N4O2S2. The van der Waals surface area contributed by atoms with Crippen LogP contribution in [0.5, 0.6) is 0 Å². The highest BCUT2D eigenvalue weighted by Gasteiger charge is 2.21. The van der Waals surface area contributed by atoms with Crippen LogP contribution in [0, 0.1) is 11.3 Å². The number of nitriles is 1. The number of hydrogen-bond acceptors (Lipinski definition) is 6. The number of pyridine rings is 1. The summed E-state index contributed by atoms with van der Waals surface area (Å²) >= 11 is 1.20. The maximum atomic E-state index is 12.4. The predicted octanol–water partition coefficient (Wildman–Crippen LogP) is 2.90. The third kappa shape index (κ3) is 3.64. The molecule has 0 radical (unpaired) electrons. The zero-order valence-corrected chi connectivity index (χ0v) is 15.1. The van der Waals surface area contributed by atoms with Crippen LogP contribution in [0.2, 0.25) is 0 Å². The fraction of sp³-hybridized carbons (Fsp3) is 0.176. The van der Waals surface area contributed by atoms with Crippen LogP contribution in [0.3, 0.4) is 0 Å². The van der Waals surface area contributed by atoms with Crippen LogP contribution in [0.15, 0.2) is 52.1 Å². The first-order chi connectivity index (χ1) is 12.0. The van der Waals surface area contributed by atoms with Gasteiger partial charge in [0.25, 0.3) is 10.0 Å². The molecule has 0 aliphatic rings. The monoisotopic (exact) mass is 372 g/mol. The first-order valence-electron chi connectivity index (χ1n) is 7.56. The summed E-state index contributed by atoms with van der Waals surface area (Å²) in [5.41, 5.74) is 1.81. The highest BCUT2D eigenvalue weighted by molar-refractivity contribution is 7.91. The molecule has 0 aliphatic heterocycles. The van der Waals surface area contributed by atoms with Gasteiger partial charge in [0.1, 0.15) is 16.0 Å². The van der Waals surface area contributed by atoms with Gasteiger partial charge in [-0.3, -0.25) is 0 Å². The van der Waals surface area contributed by atoms with Crippen molar-refractivity contribution in [1.82, 2.24) is 9.29 Å². The van der Waals surface area contributed by atoms with Gasteiger partial charge in [0.15, 0.2) is 0 Å². The van der Waals surface area contributed by atoms with Gasteiger partial charge in [-0.2, -0.15) is 9.57 Å². The van der Waals surface area contributed by atoms with Crippen LogP contribution in [-0.2, 0) is 10.0 Å². The van der Waals surface area contributed by atoms with Crippen molar-refractivity contribution in [3.8, 4) is 6.07 Å². The molecule has 6 nitrogen and oxygen atoms in total.